The lowest BCUT2D eigenvalue weighted by atomic mass is 10.3. The van der Waals surface area contributed by atoms with Gasteiger partial charge < -0.3 is 15.0 Å². The summed E-state index contributed by atoms with van der Waals surface area (Å²) in [5, 5.41) is 11.6. The molecule has 0 atom stereocenters. The Bertz CT molecular complexity index is 426. The van der Waals surface area contributed by atoms with Crippen LogP contribution in [0, 0.1) is 0 Å². The van der Waals surface area contributed by atoms with Gasteiger partial charge in [0.15, 0.2) is 0 Å². The van der Waals surface area contributed by atoms with Gasteiger partial charge in [-0.2, -0.15) is 0 Å². The molecule has 5 nitrogen and oxygen atoms in total. The van der Waals surface area contributed by atoms with Gasteiger partial charge in [0.1, 0.15) is 0 Å². The largest absolute Gasteiger partial charge is 0.478 e. The number of hydrogen-bond acceptors (Lipinski definition) is 2. The topological polar surface area (TPSA) is 71.3 Å². The summed E-state index contributed by atoms with van der Waals surface area (Å²) < 4.78 is 2.36. The molecule has 94 valence electrons. The summed E-state index contributed by atoms with van der Waals surface area (Å²) in [4.78, 5) is 22.2. The van der Waals surface area contributed by atoms with E-state index in [1.165, 1.54) is 12.3 Å². The van der Waals surface area contributed by atoms with Crippen LogP contribution in [0.2, 0.25) is 0 Å². The van der Waals surface area contributed by atoms with Crippen LogP contribution in [0.1, 0.15) is 30.6 Å². The predicted molar refractivity (Wildman–Crippen MR) is 67.0 cm³/mol. The molecule has 1 rings (SSSR count). The molecular formula is C11H15BrN2O3. The molecule has 0 aliphatic carbocycles. The Morgan fingerprint density at radius 1 is 1.53 bits per heavy atom. The fourth-order valence-corrected chi connectivity index (χ4v) is 1.91. The Balaban J connectivity index is 2.57. The van der Waals surface area contributed by atoms with Gasteiger partial charge in [-0.05, 0) is 35.8 Å². The van der Waals surface area contributed by atoms with Crippen LogP contribution in [0.4, 0.5) is 0 Å². The van der Waals surface area contributed by atoms with Gasteiger partial charge in [0.25, 0.3) is 0 Å². The minimum atomic E-state index is -0.976. The third-order valence-corrected chi connectivity index (χ3v) is 2.80. The van der Waals surface area contributed by atoms with E-state index >= 15 is 0 Å². The molecule has 1 amide bonds. The third kappa shape index (κ3) is 4.22. The molecule has 0 spiro atoms. The van der Waals surface area contributed by atoms with E-state index in [4.69, 9.17) is 5.11 Å². The molecule has 1 aromatic rings. The molecule has 0 aliphatic rings. The maximum absolute atomic E-state index is 11.4. The smallest absolute Gasteiger partial charge is 0.337 e. The van der Waals surface area contributed by atoms with E-state index in [1.807, 2.05) is 13.8 Å². The number of aryl methyl sites for hydroxylation is 1. The molecule has 0 fully saturated rings. The first-order chi connectivity index (χ1) is 7.90. The number of carbonyl (C=O) groups excluding carboxylic acids is 1. The Kier molecular flexibility index (Phi) is 4.74. The Hall–Kier alpha value is -1.30. The molecule has 6 heteroatoms. The van der Waals surface area contributed by atoms with E-state index in [1.54, 1.807) is 4.57 Å². The summed E-state index contributed by atoms with van der Waals surface area (Å²) in [5.41, 5.74) is 0.209. The SMILES string of the molecule is CC(C)NC(=O)CCn1cc(C(=O)O)cc1Br. The van der Waals surface area contributed by atoms with Crippen LogP contribution in [0.25, 0.3) is 0 Å². The van der Waals surface area contributed by atoms with Gasteiger partial charge in [0, 0.05) is 25.2 Å². The Labute approximate surface area is 108 Å². The summed E-state index contributed by atoms with van der Waals surface area (Å²) in [6.45, 7) is 4.24. The number of nitrogens with zero attached hydrogens (tertiary/aromatic N) is 1. The maximum atomic E-state index is 11.4. The predicted octanol–water partition coefficient (Wildman–Crippen LogP) is 1.86. The van der Waals surface area contributed by atoms with Crippen LogP contribution < -0.4 is 5.32 Å². The van der Waals surface area contributed by atoms with Crippen LogP contribution in [0.3, 0.4) is 0 Å². The summed E-state index contributed by atoms with van der Waals surface area (Å²) >= 11 is 3.25. The Morgan fingerprint density at radius 2 is 2.18 bits per heavy atom. The van der Waals surface area contributed by atoms with Crippen molar-refractivity contribution in [1.82, 2.24) is 9.88 Å². The minimum Gasteiger partial charge on any atom is -0.478 e. The number of nitrogens with one attached hydrogen (secondary N) is 1. The van der Waals surface area contributed by atoms with Crippen molar-refractivity contribution >= 4 is 27.8 Å². The monoisotopic (exact) mass is 302 g/mol. The van der Waals surface area contributed by atoms with E-state index in [0.29, 0.717) is 17.6 Å². The standard InChI is InChI=1S/C11H15BrN2O3/c1-7(2)13-10(15)3-4-14-6-8(11(16)17)5-9(14)12/h5-7H,3-4H2,1-2H3,(H,13,15)(H,16,17). The molecule has 0 aromatic carbocycles. The number of hydrogen-bond donors (Lipinski definition) is 2. The summed E-state index contributed by atoms with van der Waals surface area (Å²) in [7, 11) is 0. The molecule has 0 unspecified atom stereocenters. The molecule has 0 saturated carbocycles. The highest BCUT2D eigenvalue weighted by Crippen LogP contribution is 2.15. The van der Waals surface area contributed by atoms with E-state index in [0.717, 1.165) is 0 Å². The van der Waals surface area contributed by atoms with Crippen LogP contribution >= 0.6 is 15.9 Å². The van der Waals surface area contributed by atoms with Crippen molar-refractivity contribution in [1.29, 1.82) is 0 Å². The fraction of sp³-hybridized carbons (Fsp3) is 0.455. The zero-order valence-corrected chi connectivity index (χ0v) is 11.3. The molecule has 2 N–H and O–H groups in total. The molecule has 0 aliphatic heterocycles. The number of rotatable bonds is 5. The fourth-order valence-electron chi connectivity index (χ4n) is 1.38. The minimum absolute atomic E-state index is 0.0440. The number of halogens is 1. The van der Waals surface area contributed by atoms with Crippen LogP contribution in [-0.4, -0.2) is 27.6 Å². The normalized spacial score (nSPS) is 10.6. The van der Waals surface area contributed by atoms with E-state index in [9.17, 15) is 9.59 Å². The van der Waals surface area contributed by atoms with Gasteiger partial charge in [0.05, 0.1) is 10.2 Å². The lowest BCUT2D eigenvalue weighted by Crippen LogP contribution is -2.30. The van der Waals surface area contributed by atoms with Crippen LogP contribution in [-0.2, 0) is 11.3 Å². The van der Waals surface area contributed by atoms with Gasteiger partial charge in [-0.15, -0.1) is 0 Å². The van der Waals surface area contributed by atoms with Crippen molar-refractivity contribution < 1.29 is 14.7 Å². The average Bonchev–Trinajstić information content (AvgIpc) is 2.56. The maximum Gasteiger partial charge on any atom is 0.337 e. The van der Waals surface area contributed by atoms with Crippen molar-refractivity contribution in [3.63, 3.8) is 0 Å². The van der Waals surface area contributed by atoms with E-state index < -0.39 is 5.97 Å². The second-order valence-electron chi connectivity index (χ2n) is 4.02. The number of carboxylic acid groups (broad SMARTS) is 1. The highest BCUT2D eigenvalue weighted by Gasteiger charge is 2.10. The Morgan fingerprint density at radius 3 is 2.65 bits per heavy atom. The van der Waals surface area contributed by atoms with E-state index in [-0.39, 0.29) is 17.5 Å². The molecule has 0 radical (unpaired) electrons. The van der Waals surface area contributed by atoms with Gasteiger partial charge in [-0.25, -0.2) is 4.79 Å². The van der Waals surface area contributed by atoms with Crippen molar-refractivity contribution in [3.05, 3.63) is 22.4 Å². The number of aromatic nitrogens is 1. The number of carboxylic acids is 1. The average molecular weight is 303 g/mol. The molecule has 17 heavy (non-hydrogen) atoms. The van der Waals surface area contributed by atoms with Crippen molar-refractivity contribution in [2.45, 2.75) is 32.9 Å². The van der Waals surface area contributed by atoms with Gasteiger partial charge in [-0.1, -0.05) is 0 Å². The number of aromatic carboxylic acids is 1. The summed E-state index contributed by atoms with van der Waals surface area (Å²) in [6.07, 6.45) is 1.83. The summed E-state index contributed by atoms with van der Waals surface area (Å²) in [5.74, 6) is -1.02. The number of amides is 1. The van der Waals surface area contributed by atoms with E-state index in [2.05, 4.69) is 21.2 Å². The number of carbonyl (C=O) groups is 2. The molecule has 0 saturated heterocycles. The first-order valence-corrected chi connectivity index (χ1v) is 6.07. The molecule has 1 aromatic heterocycles. The quantitative estimate of drug-likeness (QED) is 0.872. The van der Waals surface area contributed by atoms with Gasteiger partial charge >= 0.3 is 5.97 Å². The van der Waals surface area contributed by atoms with Crippen LogP contribution in [0.15, 0.2) is 16.9 Å². The zero-order valence-electron chi connectivity index (χ0n) is 9.74. The van der Waals surface area contributed by atoms with Gasteiger partial charge in [0.2, 0.25) is 5.91 Å². The highest BCUT2D eigenvalue weighted by atomic mass is 79.9. The highest BCUT2D eigenvalue weighted by molar-refractivity contribution is 9.10. The van der Waals surface area contributed by atoms with Crippen molar-refractivity contribution in [2.24, 2.45) is 0 Å². The molecular weight excluding hydrogens is 288 g/mol. The van der Waals surface area contributed by atoms with Crippen LogP contribution in [0.5, 0.6) is 0 Å². The first kappa shape index (κ1) is 13.8. The molecule has 0 bridgehead atoms. The lowest BCUT2D eigenvalue weighted by Gasteiger charge is -2.09. The zero-order chi connectivity index (χ0) is 13.0. The van der Waals surface area contributed by atoms with Crippen molar-refractivity contribution in [3.8, 4) is 0 Å². The second kappa shape index (κ2) is 5.86. The van der Waals surface area contributed by atoms with Crippen molar-refractivity contribution in [2.75, 3.05) is 0 Å². The summed E-state index contributed by atoms with van der Waals surface area (Å²) in [6, 6.07) is 1.63. The van der Waals surface area contributed by atoms with Gasteiger partial charge in [-0.3, -0.25) is 4.79 Å². The first-order valence-electron chi connectivity index (χ1n) is 5.28. The lowest BCUT2D eigenvalue weighted by molar-refractivity contribution is -0.121. The third-order valence-electron chi connectivity index (χ3n) is 2.12. The second-order valence-corrected chi connectivity index (χ2v) is 4.83. The molecule has 1 heterocycles.